The lowest BCUT2D eigenvalue weighted by molar-refractivity contribution is 0.0925. The Bertz CT molecular complexity index is 558. The van der Waals surface area contributed by atoms with E-state index in [1.165, 1.54) is 18.3 Å². The first-order chi connectivity index (χ1) is 8.66. The van der Waals surface area contributed by atoms with Crippen LogP contribution in [0.2, 0.25) is 0 Å². The quantitative estimate of drug-likeness (QED) is 0.775. The Kier molecular flexibility index (Phi) is 3.89. The maximum absolute atomic E-state index is 11.7. The highest BCUT2D eigenvalue weighted by Gasteiger charge is 2.08. The van der Waals surface area contributed by atoms with Gasteiger partial charge in [0.2, 0.25) is 5.78 Å². The molecule has 0 N–H and O–H groups in total. The highest BCUT2D eigenvalue weighted by Crippen LogP contribution is 2.15. The molecule has 1 aromatic heterocycles. The van der Waals surface area contributed by atoms with Gasteiger partial charge in [-0.15, -0.1) is 11.3 Å². The zero-order valence-corrected chi connectivity index (χ0v) is 10.7. The van der Waals surface area contributed by atoms with Gasteiger partial charge in [0.25, 0.3) is 0 Å². The van der Waals surface area contributed by atoms with Gasteiger partial charge in [-0.1, -0.05) is 18.2 Å². The fraction of sp³-hybridized carbons (Fsp3) is 0.143. The minimum Gasteiger partial charge on any atom is -0.485 e. The van der Waals surface area contributed by atoms with Gasteiger partial charge < -0.3 is 4.74 Å². The first-order valence-electron chi connectivity index (χ1n) is 5.47. The molecule has 0 saturated carbocycles. The third-order valence-corrected chi connectivity index (χ3v) is 3.32. The van der Waals surface area contributed by atoms with Gasteiger partial charge in [-0.05, 0) is 30.5 Å². The van der Waals surface area contributed by atoms with Crippen molar-refractivity contribution in [2.24, 2.45) is 0 Å². The Morgan fingerprint density at radius 1 is 1.22 bits per heavy atom. The Hall–Kier alpha value is -1.94. The smallest absolute Gasteiger partial charge is 0.210 e. The number of rotatable bonds is 5. The van der Waals surface area contributed by atoms with E-state index in [1.54, 1.807) is 30.3 Å². The molecule has 4 heteroatoms. The first-order valence-corrected chi connectivity index (χ1v) is 6.35. The third-order valence-electron chi connectivity index (χ3n) is 2.41. The molecule has 0 spiro atoms. The summed E-state index contributed by atoms with van der Waals surface area (Å²) in [6.45, 7) is 1.48. The van der Waals surface area contributed by atoms with Crippen molar-refractivity contribution in [1.29, 1.82) is 0 Å². The van der Waals surface area contributed by atoms with Crippen LogP contribution in [0.5, 0.6) is 5.75 Å². The first kappa shape index (κ1) is 12.5. The van der Waals surface area contributed by atoms with Gasteiger partial charge in [-0.2, -0.15) is 0 Å². The number of carbonyl (C=O) groups excluding carboxylic acids is 2. The van der Waals surface area contributed by atoms with E-state index in [2.05, 4.69) is 0 Å². The van der Waals surface area contributed by atoms with Gasteiger partial charge in [0.1, 0.15) is 5.75 Å². The molecule has 3 nitrogen and oxygen atoms in total. The number of hydrogen-bond acceptors (Lipinski definition) is 4. The lowest BCUT2D eigenvalue weighted by Crippen LogP contribution is -2.10. The van der Waals surface area contributed by atoms with E-state index in [0.717, 1.165) is 0 Å². The lowest BCUT2D eigenvalue weighted by atomic mass is 10.1. The minimum atomic E-state index is -0.0572. The molecule has 0 aliphatic rings. The molecule has 0 aliphatic carbocycles. The van der Waals surface area contributed by atoms with E-state index < -0.39 is 0 Å². The fourth-order valence-electron chi connectivity index (χ4n) is 1.46. The van der Waals surface area contributed by atoms with Crippen LogP contribution in [0.25, 0.3) is 0 Å². The molecule has 18 heavy (non-hydrogen) atoms. The number of Topliss-reactive ketones (excluding diaryl/α,β-unsaturated/α-hetero) is 2. The maximum atomic E-state index is 11.7. The second kappa shape index (κ2) is 5.60. The minimum absolute atomic E-state index is 0.0120. The molecule has 1 heterocycles. The summed E-state index contributed by atoms with van der Waals surface area (Å²) in [6.07, 6.45) is 0. The van der Waals surface area contributed by atoms with Crippen LogP contribution in [0, 0.1) is 0 Å². The van der Waals surface area contributed by atoms with Crippen molar-refractivity contribution in [3.05, 3.63) is 52.2 Å². The monoisotopic (exact) mass is 260 g/mol. The Morgan fingerprint density at radius 3 is 2.72 bits per heavy atom. The van der Waals surface area contributed by atoms with Crippen molar-refractivity contribution in [2.75, 3.05) is 6.61 Å². The molecule has 0 saturated heterocycles. The van der Waals surface area contributed by atoms with Crippen LogP contribution >= 0.6 is 11.3 Å². The average molecular weight is 260 g/mol. The molecule has 92 valence electrons. The van der Waals surface area contributed by atoms with Gasteiger partial charge in [-0.3, -0.25) is 9.59 Å². The molecule has 0 fully saturated rings. The van der Waals surface area contributed by atoms with Crippen molar-refractivity contribution in [1.82, 2.24) is 0 Å². The van der Waals surface area contributed by atoms with Crippen LogP contribution in [-0.2, 0) is 0 Å². The highest BCUT2D eigenvalue weighted by molar-refractivity contribution is 7.12. The molecule has 0 aliphatic heterocycles. The van der Waals surface area contributed by atoms with E-state index in [1.807, 2.05) is 11.4 Å². The summed E-state index contributed by atoms with van der Waals surface area (Å²) in [4.78, 5) is 23.6. The summed E-state index contributed by atoms with van der Waals surface area (Å²) in [5, 5.41) is 1.85. The number of ether oxygens (including phenoxy) is 1. The fourth-order valence-corrected chi connectivity index (χ4v) is 2.11. The SMILES string of the molecule is CC(=O)c1cccc(OCC(=O)c2cccs2)c1. The van der Waals surface area contributed by atoms with Gasteiger partial charge in [0.15, 0.2) is 12.4 Å². The number of hydrogen-bond donors (Lipinski definition) is 0. The van der Waals surface area contributed by atoms with Gasteiger partial charge in [-0.25, -0.2) is 0 Å². The van der Waals surface area contributed by atoms with E-state index in [9.17, 15) is 9.59 Å². The Labute approximate surface area is 109 Å². The van der Waals surface area contributed by atoms with Crippen LogP contribution in [0.4, 0.5) is 0 Å². The molecular formula is C14H12O3S. The highest BCUT2D eigenvalue weighted by atomic mass is 32.1. The molecule has 2 rings (SSSR count). The van der Waals surface area contributed by atoms with Crippen molar-refractivity contribution in [2.45, 2.75) is 6.92 Å². The summed E-state index contributed by atoms with van der Waals surface area (Å²) in [6, 6.07) is 10.4. The molecule has 0 unspecified atom stereocenters. The zero-order chi connectivity index (χ0) is 13.0. The van der Waals surface area contributed by atoms with Gasteiger partial charge >= 0.3 is 0 Å². The second-order valence-corrected chi connectivity index (χ2v) is 4.72. The largest absolute Gasteiger partial charge is 0.485 e. The van der Waals surface area contributed by atoms with Crippen LogP contribution in [0.15, 0.2) is 41.8 Å². The molecule has 0 atom stereocenters. The lowest BCUT2D eigenvalue weighted by Gasteiger charge is -2.05. The van der Waals surface area contributed by atoms with E-state index in [-0.39, 0.29) is 18.2 Å². The maximum Gasteiger partial charge on any atom is 0.210 e. The van der Waals surface area contributed by atoms with Crippen LogP contribution in [-0.4, -0.2) is 18.2 Å². The van der Waals surface area contributed by atoms with Gasteiger partial charge in [0, 0.05) is 5.56 Å². The normalized spacial score (nSPS) is 10.1. The molecule has 0 amide bonds. The average Bonchev–Trinajstić information content (AvgIpc) is 2.90. The number of carbonyl (C=O) groups is 2. The molecule has 2 aromatic rings. The van der Waals surface area contributed by atoms with Crippen LogP contribution in [0.3, 0.4) is 0 Å². The predicted octanol–water partition coefficient (Wildman–Crippen LogP) is 3.21. The molecule has 1 aromatic carbocycles. The summed E-state index contributed by atoms with van der Waals surface area (Å²) in [5.74, 6) is 0.455. The Balaban J connectivity index is 2.00. The van der Waals surface area contributed by atoms with Crippen molar-refractivity contribution in [3.8, 4) is 5.75 Å². The van der Waals surface area contributed by atoms with Gasteiger partial charge in [0.05, 0.1) is 4.88 Å². The molecule has 0 radical (unpaired) electrons. The third kappa shape index (κ3) is 3.05. The molecule has 0 bridgehead atoms. The number of thiophene rings is 1. The van der Waals surface area contributed by atoms with E-state index >= 15 is 0 Å². The predicted molar refractivity (Wildman–Crippen MR) is 70.6 cm³/mol. The standard InChI is InChI=1S/C14H12O3S/c1-10(15)11-4-2-5-12(8-11)17-9-13(16)14-6-3-7-18-14/h2-8H,9H2,1H3. The summed E-state index contributed by atoms with van der Waals surface area (Å²) in [5.41, 5.74) is 0.580. The van der Waals surface area contributed by atoms with E-state index in [0.29, 0.717) is 16.2 Å². The van der Waals surface area contributed by atoms with E-state index in [4.69, 9.17) is 4.74 Å². The summed E-state index contributed by atoms with van der Waals surface area (Å²) < 4.78 is 5.39. The Morgan fingerprint density at radius 2 is 2.06 bits per heavy atom. The summed E-state index contributed by atoms with van der Waals surface area (Å²) in [7, 11) is 0. The number of benzene rings is 1. The van der Waals surface area contributed by atoms with Crippen molar-refractivity contribution >= 4 is 22.9 Å². The number of ketones is 2. The summed E-state index contributed by atoms with van der Waals surface area (Å²) >= 11 is 1.39. The molecular weight excluding hydrogens is 248 g/mol. The van der Waals surface area contributed by atoms with Crippen LogP contribution < -0.4 is 4.74 Å². The van der Waals surface area contributed by atoms with Crippen molar-refractivity contribution in [3.63, 3.8) is 0 Å². The van der Waals surface area contributed by atoms with Crippen LogP contribution in [0.1, 0.15) is 27.0 Å². The topological polar surface area (TPSA) is 43.4 Å². The zero-order valence-electron chi connectivity index (χ0n) is 9.88. The van der Waals surface area contributed by atoms with Crippen molar-refractivity contribution < 1.29 is 14.3 Å². The second-order valence-electron chi connectivity index (χ2n) is 3.77.